The zero-order valence-electron chi connectivity index (χ0n) is 17.7. The Labute approximate surface area is 196 Å². The molecule has 2 N–H and O–H groups in total. The first-order chi connectivity index (χ1) is 15.8. The summed E-state index contributed by atoms with van der Waals surface area (Å²) < 4.78 is 46.5. The molecule has 0 atom stereocenters. The van der Waals surface area contributed by atoms with E-state index in [-0.39, 0.29) is 27.0 Å². The maximum absolute atomic E-state index is 14.0. The Morgan fingerprint density at radius 3 is 2.64 bits per heavy atom. The highest BCUT2D eigenvalue weighted by Crippen LogP contribution is 2.27. The average Bonchev–Trinajstić information content (AvgIpc) is 2.80. The number of nitrogen functional groups attached to an aromatic ring is 1. The first-order valence-electron chi connectivity index (χ1n) is 10.0. The van der Waals surface area contributed by atoms with Crippen LogP contribution in [-0.2, 0) is 14.8 Å². The molecule has 0 spiro atoms. The van der Waals surface area contributed by atoms with Gasteiger partial charge in [0.05, 0.1) is 40.6 Å². The lowest BCUT2D eigenvalue weighted by atomic mass is 10.1. The van der Waals surface area contributed by atoms with Crippen LogP contribution in [0, 0.1) is 24.6 Å². The zero-order chi connectivity index (χ0) is 23.6. The molecular weight excluding hydrogens is 467 g/mol. The maximum atomic E-state index is 14.0. The number of halogens is 2. The molecule has 170 valence electrons. The predicted molar refractivity (Wildman–Crippen MR) is 124 cm³/mol. The fourth-order valence-corrected chi connectivity index (χ4v) is 5.08. The highest BCUT2D eigenvalue weighted by molar-refractivity contribution is 7.89. The number of hydrogen-bond donors (Lipinski definition) is 1. The highest BCUT2D eigenvalue weighted by Gasteiger charge is 2.26. The van der Waals surface area contributed by atoms with Gasteiger partial charge in [0.2, 0.25) is 10.0 Å². The summed E-state index contributed by atoms with van der Waals surface area (Å²) in [5, 5.41) is 0.179. The minimum Gasteiger partial charge on any atom is -0.381 e. The third-order valence-corrected chi connectivity index (χ3v) is 7.36. The van der Waals surface area contributed by atoms with Crippen molar-refractivity contribution in [1.82, 2.24) is 14.3 Å². The minimum absolute atomic E-state index is 0.0413. The van der Waals surface area contributed by atoms with E-state index in [2.05, 4.69) is 21.8 Å². The molecule has 0 unspecified atom stereocenters. The molecule has 0 amide bonds. The monoisotopic (exact) mass is 486 g/mol. The van der Waals surface area contributed by atoms with Crippen molar-refractivity contribution in [3.63, 3.8) is 0 Å². The van der Waals surface area contributed by atoms with Crippen molar-refractivity contribution in [2.45, 2.75) is 11.8 Å². The molecule has 0 saturated carbocycles. The number of nitrogens with two attached hydrogens (primary N) is 1. The van der Waals surface area contributed by atoms with Gasteiger partial charge in [-0.2, -0.15) is 4.31 Å². The van der Waals surface area contributed by atoms with Crippen LogP contribution in [0.2, 0.25) is 5.02 Å². The molecule has 0 radical (unpaired) electrons. The van der Waals surface area contributed by atoms with E-state index < -0.39 is 15.8 Å². The molecule has 0 aliphatic carbocycles. The summed E-state index contributed by atoms with van der Waals surface area (Å²) in [6, 6.07) is 9.10. The number of aryl methyl sites for hydroxylation is 1. The minimum atomic E-state index is -3.62. The van der Waals surface area contributed by atoms with E-state index in [0.717, 1.165) is 0 Å². The van der Waals surface area contributed by atoms with Gasteiger partial charge in [-0.25, -0.2) is 22.8 Å². The molecule has 2 heterocycles. The van der Waals surface area contributed by atoms with Gasteiger partial charge in [-0.15, -0.1) is 0 Å². The normalized spacial score (nSPS) is 14.5. The standard InChI is InChI=1S/C23H20ClFN4O3S/c1-15-13-16(33(30,31)29-9-11-32-12-10-29)5-6-17(15)22-14-27-23(26)21(28-22)8-7-18-19(24)3-2-4-20(18)25/h2-6,13-14H,9-12H2,1H3,(H2,26,27). The second kappa shape index (κ2) is 9.45. The van der Waals surface area contributed by atoms with Crippen LogP contribution < -0.4 is 5.73 Å². The topological polar surface area (TPSA) is 98.4 Å². The van der Waals surface area contributed by atoms with Gasteiger partial charge in [0, 0.05) is 18.7 Å². The van der Waals surface area contributed by atoms with E-state index in [1.807, 2.05) is 0 Å². The number of benzene rings is 2. The van der Waals surface area contributed by atoms with Gasteiger partial charge < -0.3 is 10.5 Å². The number of nitrogens with zero attached hydrogens (tertiary/aromatic N) is 3. The summed E-state index contributed by atoms with van der Waals surface area (Å²) in [5.74, 6) is 4.93. The molecule has 1 saturated heterocycles. The predicted octanol–water partition coefficient (Wildman–Crippen LogP) is 3.25. The number of morpholine rings is 1. The Morgan fingerprint density at radius 1 is 1.18 bits per heavy atom. The third kappa shape index (κ3) is 4.84. The molecule has 33 heavy (non-hydrogen) atoms. The van der Waals surface area contributed by atoms with Crippen LogP contribution in [0.3, 0.4) is 0 Å². The Balaban J connectivity index is 1.67. The van der Waals surface area contributed by atoms with Gasteiger partial charge in [0.15, 0.2) is 11.5 Å². The summed E-state index contributed by atoms with van der Waals surface area (Å²) in [6.45, 7) is 3.18. The molecule has 1 fully saturated rings. The van der Waals surface area contributed by atoms with Gasteiger partial charge >= 0.3 is 0 Å². The summed E-state index contributed by atoms with van der Waals surface area (Å²) in [7, 11) is -3.62. The third-order valence-electron chi connectivity index (χ3n) is 5.15. The number of sulfonamides is 1. The molecule has 1 aromatic heterocycles. The average molecular weight is 487 g/mol. The van der Waals surface area contributed by atoms with E-state index >= 15 is 0 Å². The number of rotatable bonds is 3. The molecular formula is C23H20ClFN4O3S. The first-order valence-corrected chi connectivity index (χ1v) is 11.9. The molecule has 2 aromatic carbocycles. The van der Waals surface area contributed by atoms with Crippen molar-refractivity contribution in [1.29, 1.82) is 0 Å². The van der Waals surface area contributed by atoms with Crippen LogP contribution in [-0.4, -0.2) is 49.0 Å². The highest BCUT2D eigenvalue weighted by atomic mass is 35.5. The maximum Gasteiger partial charge on any atom is 0.243 e. The van der Waals surface area contributed by atoms with Crippen LogP contribution in [0.4, 0.5) is 10.2 Å². The van der Waals surface area contributed by atoms with E-state index in [9.17, 15) is 12.8 Å². The van der Waals surface area contributed by atoms with Crippen LogP contribution in [0.25, 0.3) is 11.3 Å². The zero-order valence-corrected chi connectivity index (χ0v) is 19.3. The Kier molecular flexibility index (Phi) is 6.63. The molecule has 1 aliphatic heterocycles. The molecule has 3 aromatic rings. The quantitative estimate of drug-likeness (QED) is 0.571. The first kappa shape index (κ1) is 23.1. The largest absolute Gasteiger partial charge is 0.381 e. The van der Waals surface area contributed by atoms with E-state index in [0.29, 0.717) is 43.1 Å². The Hall–Kier alpha value is -3.03. The Morgan fingerprint density at radius 2 is 1.94 bits per heavy atom. The smallest absolute Gasteiger partial charge is 0.243 e. The lowest BCUT2D eigenvalue weighted by Crippen LogP contribution is -2.40. The molecule has 0 bridgehead atoms. The van der Waals surface area contributed by atoms with Gasteiger partial charge in [-0.1, -0.05) is 29.7 Å². The van der Waals surface area contributed by atoms with Crippen molar-refractivity contribution in [3.05, 3.63) is 70.3 Å². The van der Waals surface area contributed by atoms with Crippen molar-refractivity contribution in [2.24, 2.45) is 0 Å². The van der Waals surface area contributed by atoms with E-state index in [1.54, 1.807) is 19.1 Å². The van der Waals surface area contributed by atoms with Crippen molar-refractivity contribution >= 4 is 27.4 Å². The Bertz CT molecular complexity index is 1360. The lowest BCUT2D eigenvalue weighted by Gasteiger charge is -2.26. The van der Waals surface area contributed by atoms with Gasteiger partial charge in [0.25, 0.3) is 0 Å². The SMILES string of the molecule is Cc1cc(S(=O)(=O)N2CCOCC2)ccc1-c1cnc(N)c(C#Cc2c(F)cccc2Cl)n1. The summed E-state index contributed by atoms with van der Waals surface area (Å²) in [6.07, 6.45) is 1.48. The summed E-state index contributed by atoms with van der Waals surface area (Å²) in [4.78, 5) is 8.80. The van der Waals surface area contributed by atoms with Crippen LogP contribution in [0.5, 0.6) is 0 Å². The van der Waals surface area contributed by atoms with E-state index in [4.69, 9.17) is 22.1 Å². The van der Waals surface area contributed by atoms with Crippen LogP contribution >= 0.6 is 11.6 Å². The summed E-state index contributed by atoms with van der Waals surface area (Å²) >= 11 is 6.02. The van der Waals surface area contributed by atoms with Crippen molar-refractivity contribution < 1.29 is 17.5 Å². The second-order valence-corrected chi connectivity index (χ2v) is 9.67. The van der Waals surface area contributed by atoms with Crippen molar-refractivity contribution in [3.8, 4) is 23.1 Å². The molecule has 1 aliphatic rings. The summed E-state index contributed by atoms with van der Waals surface area (Å²) in [5.41, 5.74) is 7.95. The fraction of sp³-hybridized carbons (Fsp3) is 0.217. The van der Waals surface area contributed by atoms with Crippen LogP contribution in [0.15, 0.2) is 47.5 Å². The molecule has 4 rings (SSSR count). The van der Waals surface area contributed by atoms with Crippen LogP contribution in [0.1, 0.15) is 16.8 Å². The lowest BCUT2D eigenvalue weighted by molar-refractivity contribution is 0.0730. The number of anilines is 1. The number of ether oxygens (including phenoxy) is 1. The van der Waals surface area contributed by atoms with Gasteiger partial charge in [0.1, 0.15) is 5.82 Å². The van der Waals surface area contributed by atoms with Gasteiger partial charge in [-0.05, 0) is 42.7 Å². The van der Waals surface area contributed by atoms with E-state index in [1.165, 1.54) is 34.8 Å². The van der Waals surface area contributed by atoms with Gasteiger partial charge in [-0.3, -0.25) is 0 Å². The molecule has 7 nitrogen and oxygen atoms in total. The second-order valence-electron chi connectivity index (χ2n) is 7.33. The number of hydrogen-bond acceptors (Lipinski definition) is 6. The molecule has 10 heteroatoms. The van der Waals surface area contributed by atoms with Crippen molar-refractivity contribution in [2.75, 3.05) is 32.0 Å². The number of aromatic nitrogens is 2. The fourth-order valence-electron chi connectivity index (χ4n) is 3.38.